The second kappa shape index (κ2) is 8.44. The third kappa shape index (κ3) is 5.71. The zero-order valence-electron chi connectivity index (χ0n) is 13.7. The number of nitrogens with one attached hydrogen (secondary N) is 1. The van der Waals surface area contributed by atoms with Crippen molar-refractivity contribution in [1.29, 1.82) is 0 Å². The van der Waals surface area contributed by atoms with Crippen LogP contribution in [0.4, 0.5) is 0 Å². The van der Waals surface area contributed by atoms with Crippen LogP contribution in [0.3, 0.4) is 0 Å². The van der Waals surface area contributed by atoms with Crippen molar-refractivity contribution in [2.24, 2.45) is 0 Å². The average Bonchev–Trinajstić information content (AvgIpc) is 2.45. The van der Waals surface area contributed by atoms with Gasteiger partial charge in [-0.05, 0) is 39.8 Å². The molecule has 118 valence electrons. The number of hydrogen-bond donors (Lipinski definition) is 1. The number of esters is 1. The van der Waals surface area contributed by atoms with Gasteiger partial charge in [-0.2, -0.15) is 11.8 Å². The molecule has 0 spiro atoms. The molecule has 0 aliphatic rings. The van der Waals surface area contributed by atoms with Gasteiger partial charge in [0.25, 0.3) is 0 Å². The maximum atomic E-state index is 12.1. The Morgan fingerprint density at radius 2 is 2.19 bits per heavy atom. The van der Waals surface area contributed by atoms with Crippen LogP contribution in [0.15, 0.2) is 24.3 Å². The Bertz CT molecular complexity index is 464. The molecular formula is C17H27NO2S. The van der Waals surface area contributed by atoms with Crippen LogP contribution >= 0.6 is 11.8 Å². The van der Waals surface area contributed by atoms with Gasteiger partial charge in [0.15, 0.2) is 0 Å². The lowest BCUT2D eigenvalue weighted by molar-refractivity contribution is -0.150. The van der Waals surface area contributed by atoms with Gasteiger partial charge in [-0.15, -0.1) is 0 Å². The molecule has 21 heavy (non-hydrogen) atoms. The summed E-state index contributed by atoms with van der Waals surface area (Å²) < 4.78 is 5.17. The number of carbonyl (C=O) groups excluding carboxylic acids is 1. The number of benzene rings is 1. The molecule has 0 aromatic heterocycles. The van der Waals surface area contributed by atoms with Crippen molar-refractivity contribution in [2.75, 3.05) is 13.7 Å². The molecule has 0 amide bonds. The van der Waals surface area contributed by atoms with Crippen LogP contribution in [0.2, 0.25) is 0 Å². The summed E-state index contributed by atoms with van der Waals surface area (Å²) >= 11 is 1.87. The number of thioether (sulfide) groups is 1. The lowest BCUT2D eigenvalue weighted by atomic mass is 9.96. The highest BCUT2D eigenvalue weighted by Gasteiger charge is 2.34. The second-order valence-corrected chi connectivity index (χ2v) is 7.04. The molecule has 3 nitrogen and oxygen atoms in total. The van der Waals surface area contributed by atoms with Crippen molar-refractivity contribution in [3.05, 3.63) is 35.4 Å². The summed E-state index contributed by atoms with van der Waals surface area (Å²) in [5.41, 5.74) is 2.00. The molecule has 1 N–H and O–H groups in total. The molecule has 0 radical (unpaired) electrons. The fraction of sp³-hybridized carbons (Fsp3) is 0.588. The van der Waals surface area contributed by atoms with E-state index in [9.17, 15) is 4.79 Å². The Kier molecular flexibility index (Phi) is 7.26. The van der Waals surface area contributed by atoms with Crippen molar-refractivity contribution in [2.45, 2.75) is 50.7 Å². The van der Waals surface area contributed by atoms with Crippen molar-refractivity contribution in [3.8, 4) is 0 Å². The van der Waals surface area contributed by atoms with E-state index >= 15 is 0 Å². The van der Waals surface area contributed by atoms with Crippen LogP contribution in [0, 0.1) is 6.92 Å². The zero-order chi connectivity index (χ0) is 15.9. The Morgan fingerprint density at radius 3 is 2.76 bits per heavy atom. The number of carbonyl (C=O) groups is 1. The molecule has 0 heterocycles. The molecule has 4 heteroatoms. The molecule has 0 aliphatic carbocycles. The third-order valence-electron chi connectivity index (χ3n) is 3.59. The summed E-state index contributed by atoms with van der Waals surface area (Å²) in [5, 5.41) is 3.48. The monoisotopic (exact) mass is 309 g/mol. The van der Waals surface area contributed by atoms with E-state index in [1.54, 1.807) is 0 Å². The van der Waals surface area contributed by atoms with E-state index in [0.29, 0.717) is 11.9 Å². The Hall–Kier alpha value is -1.00. The van der Waals surface area contributed by atoms with Crippen LogP contribution in [-0.4, -0.2) is 30.4 Å². The minimum absolute atomic E-state index is 0.171. The second-order valence-electron chi connectivity index (χ2n) is 5.62. The predicted molar refractivity (Wildman–Crippen MR) is 90.7 cm³/mol. The first-order valence-electron chi connectivity index (χ1n) is 7.44. The zero-order valence-corrected chi connectivity index (χ0v) is 14.5. The van der Waals surface area contributed by atoms with E-state index < -0.39 is 5.54 Å². The van der Waals surface area contributed by atoms with Gasteiger partial charge < -0.3 is 10.1 Å². The van der Waals surface area contributed by atoms with Crippen LogP contribution in [0.1, 0.15) is 38.3 Å². The number of aryl methyl sites for hydroxylation is 1. The highest BCUT2D eigenvalue weighted by Crippen LogP contribution is 2.26. The van der Waals surface area contributed by atoms with Crippen LogP contribution in [0.5, 0.6) is 0 Å². The molecule has 2 unspecified atom stereocenters. The van der Waals surface area contributed by atoms with E-state index in [-0.39, 0.29) is 5.97 Å². The minimum Gasteiger partial charge on any atom is -0.465 e. The largest absolute Gasteiger partial charge is 0.465 e. The van der Waals surface area contributed by atoms with Gasteiger partial charge in [0.1, 0.15) is 5.54 Å². The molecule has 1 aromatic rings. The van der Waals surface area contributed by atoms with Crippen LogP contribution < -0.4 is 5.32 Å². The third-order valence-corrected chi connectivity index (χ3v) is 4.83. The first-order chi connectivity index (χ1) is 9.91. The van der Waals surface area contributed by atoms with E-state index in [1.807, 2.05) is 32.7 Å². The highest BCUT2D eigenvalue weighted by molar-refractivity contribution is 7.99. The van der Waals surface area contributed by atoms with E-state index in [0.717, 1.165) is 12.2 Å². The first-order valence-corrected chi connectivity index (χ1v) is 8.49. The number of hydrogen-bond acceptors (Lipinski definition) is 4. The molecule has 1 aromatic carbocycles. The van der Waals surface area contributed by atoms with E-state index in [4.69, 9.17) is 4.74 Å². The van der Waals surface area contributed by atoms with E-state index in [1.165, 1.54) is 11.1 Å². The molecular weight excluding hydrogens is 282 g/mol. The normalized spacial score (nSPS) is 15.3. The summed E-state index contributed by atoms with van der Waals surface area (Å²) in [6, 6.07) is 8.56. The topological polar surface area (TPSA) is 38.3 Å². The van der Waals surface area contributed by atoms with Gasteiger partial charge in [0.05, 0.1) is 6.61 Å². The molecule has 1 rings (SSSR count). The van der Waals surface area contributed by atoms with Crippen molar-refractivity contribution >= 4 is 17.7 Å². The van der Waals surface area contributed by atoms with Gasteiger partial charge in [-0.25, -0.2) is 0 Å². The number of likely N-dealkylation sites (N-methyl/N-ethyl adjacent to an activating group) is 1. The molecule has 0 fully saturated rings. The maximum absolute atomic E-state index is 12.1. The average molecular weight is 309 g/mol. The highest BCUT2D eigenvalue weighted by atomic mass is 32.2. The van der Waals surface area contributed by atoms with Gasteiger partial charge in [0.2, 0.25) is 0 Å². The molecule has 0 saturated heterocycles. The van der Waals surface area contributed by atoms with Crippen LogP contribution in [0.25, 0.3) is 0 Å². The number of ether oxygens (including phenoxy) is 1. The fourth-order valence-corrected chi connectivity index (χ4v) is 3.36. The van der Waals surface area contributed by atoms with E-state index in [2.05, 4.69) is 43.4 Å². The van der Waals surface area contributed by atoms with Crippen molar-refractivity contribution < 1.29 is 9.53 Å². The van der Waals surface area contributed by atoms with Crippen molar-refractivity contribution in [3.63, 3.8) is 0 Å². The van der Waals surface area contributed by atoms with Crippen molar-refractivity contribution in [1.82, 2.24) is 5.32 Å². The first kappa shape index (κ1) is 18.1. The summed E-state index contributed by atoms with van der Waals surface area (Å²) in [4.78, 5) is 12.1. The number of rotatable bonds is 8. The Labute approximate surface area is 132 Å². The molecule has 0 bridgehead atoms. The summed E-state index contributed by atoms with van der Waals surface area (Å²) in [7, 11) is 1.81. The molecule has 0 aliphatic heterocycles. The SMILES string of the molecule is CCOC(=O)C(C)(CC(C)SCc1cccc(C)c1)NC. The lowest BCUT2D eigenvalue weighted by Crippen LogP contribution is -2.50. The molecule has 2 atom stereocenters. The predicted octanol–water partition coefficient (Wildman–Crippen LogP) is 3.55. The van der Waals surface area contributed by atoms with Crippen LogP contribution in [-0.2, 0) is 15.3 Å². The van der Waals surface area contributed by atoms with Gasteiger partial charge in [0, 0.05) is 11.0 Å². The summed E-state index contributed by atoms with van der Waals surface area (Å²) in [6.45, 7) is 8.44. The lowest BCUT2D eigenvalue weighted by Gasteiger charge is -2.29. The Morgan fingerprint density at radius 1 is 1.48 bits per heavy atom. The van der Waals surface area contributed by atoms with Gasteiger partial charge in [-0.3, -0.25) is 4.79 Å². The van der Waals surface area contributed by atoms with Gasteiger partial charge >= 0.3 is 5.97 Å². The fourth-order valence-electron chi connectivity index (χ4n) is 2.25. The standard InChI is InChI=1S/C17H27NO2S/c1-6-20-16(19)17(4,18-5)11-14(3)21-12-15-9-7-8-13(2)10-15/h7-10,14,18H,6,11-12H2,1-5H3. The van der Waals surface area contributed by atoms with Gasteiger partial charge in [-0.1, -0.05) is 36.8 Å². The Balaban J connectivity index is 2.55. The summed E-state index contributed by atoms with van der Waals surface area (Å²) in [5.74, 6) is 0.793. The molecule has 0 saturated carbocycles. The minimum atomic E-state index is -0.616. The summed E-state index contributed by atoms with van der Waals surface area (Å²) in [6.07, 6.45) is 0.749. The quantitative estimate of drug-likeness (QED) is 0.745. The maximum Gasteiger partial charge on any atom is 0.326 e. The smallest absolute Gasteiger partial charge is 0.326 e.